The van der Waals surface area contributed by atoms with Gasteiger partial charge in [0.1, 0.15) is 5.75 Å². The van der Waals surface area contributed by atoms with Crippen molar-refractivity contribution in [3.05, 3.63) is 17.7 Å². The van der Waals surface area contributed by atoms with Crippen LogP contribution in [-0.4, -0.2) is 34.7 Å². The summed E-state index contributed by atoms with van der Waals surface area (Å²) in [5.41, 5.74) is 0.746. The van der Waals surface area contributed by atoms with E-state index >= 15 is 0 Å². The molecule has 1 atom stereocenters. The highest BCUT2D eigenvalue weighted by Crippen LogP contribution is 2.37. The molecule has 0 fully saturated rings. The fourth-order valence-corrected chi connectivity index (χ4v) is 1.99. The van der Waals surface area contributed by atoms with Gasteiger partial charge in [0.05, 0.1) is 0 Å². The SMILES string of the molecule is CS(=O)CCNCc1cc2c(cc1O)OCO2. The van der Waals surface area contributed by atoms with Crippen LogP contribution in [0.25, 0.3) is 0 Å². The highest BCUT2D eigenvalue weighted by atomic mass is 32.2. The minimum atomic E-state index is -0.798. The summed E-state index contributed by atoms with van der Waals surface area (Å²) >= 11 is 0. The fourth-order valence-electron chi connectivity index (χ4n) is 1.55. The van der Waals surface area contributed by atoms with E-state index in [-0.39, 0.29) is 12.5 Å². The Labute approximate surface area is 102 Å². The van der Waals surface area contributed by atoms with Gasteiger partial charge in [-0.1, -0.05) is 0 Å². The van der Waals surface area contributed by atoms with Gasteiger partial charge in [-0.15, -0.1) is 0 Å². The Morgan fingerprint density at radius 2 is 2.12 bits per heavy atom. The minimum Gasteiger partial charge on any atom is -0.507 e. The van der Waals surface area contributed by atoms with Gasteiger partial charge in [-0.3, -0.25) is 4.21 Å². The molecule has 1 heterocycles. The molecular formula is C11H15NO4S. The number of phenols is 1. The summed E-state index contributed by atoms with van der Waals surface area (Å²) in [5, 5.41) is 12.9. The first kappa shape index (κ1) is 12.2. The average molecular weight is 257 g/mol. The van der Waals surface area contributed by atoms with E-state index in [0.29, 0.717) is 30.3 Å². The van der Waals surface area contributed by atoms with Crippen LogP contribution in [0.5, 0.6) is 17.2 Å². The van der Waals surface area contributed by atoms with Crippen LogP contribution in [0, 0.1) is 0 Å². The summed E-state index contributed by atoms with van der Waals surface area (Å²) in [4.78, 5) is 0. The number of aromatic hydroxyl groups is 1. The van der Waals surface area contributed by atoms with Crippen LogP contribution < -0.4 is 14.8 Å². The number of phenolic OH excluding ortho intramolecular Hbond substituents is 1. The smallest absolute Gasteiger partial charge is 0.231 e. The van der Waals surface area contributed by atoms with Gasteiger partial charge in [-0.25, -0.2) is 0 Å². The van der Waals surface area contributed by atoms with Crippen molar-refractivity contribution in [3.63, 3.8) is 0 Å². The van der Waals surface area contributed by atoms with E-state index in [0.717, 1.165) is 5.56 Å². The average Bonchev–Trinajstić information content (AvgIpc) is 2.71. The van der Waals surface area contributed by atoms with E-state index in [9.17, 15) is 9.32 Å². The molecule has 1 aromatic carbocycles. The Morgan fingerprint density at radius 1 is 1.41 bits per heavy atom. The van der Waals surface area contributed by atoms with E-state index < -0.39 is 10.8 Å². The second-order valence-electron chi connectivity index (χ2n) is 3.79. The van der Waals surface area contributed by atoms with Crippen LogP contribution >= 0.6 is 0 Å². The summed E-state index contributed by atoms with van der Waals surface area (Å²) in [7, 11) is -0.798. The van der Waals surface area contributed by atoms with Crippen molar-refractivity contribution in [2.75, 3.05) is 25.3 Å². The molecule has 1 aromatic rings. The van der Waals surface area contributed by atoms with Crippen molar-refractivity contribution in [1.29, 1.82) is 0 Å². The summed E-state index contributed by atoms with van der Waals surface area (Å²) in [6.45, 7) is 1.36. The van der Waals surface area contributed by atoms with Gasteiger partial charge < -0.3 is 19.9 Å². The lowest BCUT2D eigenvalue weighted by atomic mass is 10.1. The number of rotatable bonds is 5. The first-order chi connectivity index (χ1) is 8.16. The number of fused-ring (bicyclic) bond motifs is 1. The molecule has 0 spiro atoms. The zero-order valence-corrected chi connectivity index (χ0v) is 10.4. The largest absolute Gasteiger partial charge is 0.507 e. The van der Waals surface area contributed by atoms with Crippen molar-refractivity contribution in [3.8, 4) is 17.2 Å². The molecule has 6 heteroatoms. The summed E-state index contributed by atoms with van der Waals surface area (Å²) in [6, 6.07) is 3.31. The number of nitrogens with one attached hydrogen (secondary N) is 1. The number of ether oxygens (including phenoxy) is 2. The van der Waals surface area contributed by atoms with Crippen molar-refractivity contribution in [2.45, 2.75) is 6.54 Å². The molecule has 5 nitrogen and oxygen atoms in total. The Morgan fingerprint density at radius 3 is 2.82 bits per heavy atom. The van der Waals surface area contributed by atoms with Gasteiger partial charge in [0.15, 0.2) is 11.5 Å². The predicted octanol–water partition coefficient (Wildman–Crippen LogP) is 0.589. The first-order valence-corrected chi connectivity index (χ1v) is 7.02. The highest BCUT2D eigenvalue weighted by molar-refractivity contribution is 7.84. The molecule has 0 aliphatic carbocycles. The monoisotopic (exact) mass is 257 g/mol. The van der Waals surface area contributed by atoms with E-state index in [2.05, 4.69) is 5.32 Å². The molecule has 94 valence electrons. The molecule has 0 saturated heterocycles. The minimum absolute atomic E-state index is 0.180. The lowest BCUT2D eigenvalue weighted by Crippen LogP contribution is -2.19. The van der Waals surface area contributed by atoms with Crippen LogP contribution in [0.4, 0.5) is 0 Å². The van der Waals surface area contributed by atoms with E-state index in [4.69, 9.17) is 9.47 Å². The Kier molecular flexibility index (Phi) is 3.86. The van der Waals surface area contributed by atoms with Crippen molar-refractivity contribution in [1.82, 2.24) is 5.32 Å². The normalized spacial score (nSPS) is 14.9. The highest BCUT2D eigenvalue weighted by Gasteiger charge is 2.16. The summed E-state index contributed by atoms with van der Waals surface area (Å²) in [6.07, 6.45) is 1.67. The second kappa shape index (κ2) is 5.37. The molecule has 2 N–H and O–H groups in total. The van der Waals surface area contributed by atoms with Crippen LogP contribution in [0.15, 0.2) is 12.1 Å². The predicted molar refractivity (Wildman–Crippen MR) is 64.9 cm³/mol. The van der Waals surface area contributed by atoms with Crippen LogP contribution in [0.3, 0.4) is 0 Å². The third-order valence-electron chi connectivity index (χ3n) is 2.46. The standard InChI is InChI=1S/C11H15NO4S/c1-17(14)3-2-12-6-8-4-10-11(5-9(8)13)16-7-15-10/h4-5,12-13H,2-3,6-7H2,1H3. The second-order valence-corrected chi connectivity index (χ2v) is 5.34. The van der Waals surface area contributed by atoms with Gasteiger partial charge in [-0.05, 0) is 6.07 Å². The first-order valence-electron chi connectivity index (χ1n) is 5.29. The molecule has 1 aliphatic heterocycles. The summed E-state index contributed by atoms with van der Waals surface area (Å²) in [5.74, 6) is 2.00. The molecule has 0 saturated carbocycles. The van der Waals surface area contributed by atoms with Gasteiger partial charge in [-0.2, -0.15) is 0 Å². The zero-order chi connectivity index (χ0) is 12.3. The number of hydrogen-bond donors (Lipinski definition) is 2. The molecule has 2 rings (SSSR count). The topological polar surface area (TPSA) is 67.8 Å². The lowest BCUT2D eigenvalue weighted by Gasteiger charge is -2.07. The lowest BCUT2D eigenvalue weighted by molar-refractivity contribution is 0.174. The molecule has 1 unspecified atom stereocenters. The molecule has 0 aromatic heterocycles. The van der Waals surface area contributed by atoms with Gasteiger partial charge >= 0.3 is 0 Å². The summed E-state index contributed by atoms with van der Waals surface area (Å²) < 4.78 is 21.2. The molecule has 17 heavy (non-hydrogen) atoms. The van der Waals surface area contributed by atoms with E-state index in [1.807, 2.05) is 0 Å². The maximum absolute atomic E-state index is 10.9. The number of benzene rings is 1. The van der Waals surface area contributed by atoms with Gasteiger partial charge in [0.2, 0.25) is 6.79 Å². The van der Waals surface area contributed by atoms with Gasteiger partial charge in [0.25, 0.3) is 0 Å². The Hall–Kier alpha value is -1.27. The molecule has 1 aliphatic rings. The van der Waals surface area contributed by atoms with E-state index in [1.54, 1.807) is 18.4 Å². The number of hydrogen-bond acceptors (Lipinski definition) is 5. The molecule has 0 radical (unpaired) electrons. The maximum Gasteiger partial charge on any atom is 0.231 e. The zero-order valence-electron chi connectivity index (χ0n) is 9.56. The third-order valence-corrected chi connectivity index (χ3v) is 3.23. The Balaban J connectivity index is 1.94. The van der Waals surface area contributed by atoms with Gasteiger partial charge in [0, 0.05) is 47.5 Å². The van der Waals surface area contributed by atoms with Crippen LogP contribution in [-0.2, 0) is 17.3 Å². The fraction of sp³-hybridized carbons (Fsp3) is 0.455. The molecule has 0 amide bonds. The van der Waals surface area contributed by atoms with Crippen molar-refractivity contribution < 1.29 is 18.8 Å². The quantitative estimate of drug-likeness (QED) is 0.756. The van der Waals surface area contributed by atoms with Crippen LogP contribution in [0.2, 0.25) is 0 Å². The van der Waals surface area contributed by atoms with Crippen LogP contribution in [0.1, 0.15) is 5.56 Å². The molecular weight excluding hydrogens is 242 g/mol. The van der Waals surface area contributed by atoms with Crippen molar-refractivity contribution in [2.24, 2.45) is 0 Å². The third kappa shape index (κ3) is 3.10. The molecule has 0 bridgehead atoms. The van der Waals surface area contributed by atoms with Crippen molar-refractivity contribution >= 4 is 10.8 Å². The Bertz CT molecular complexity index is 436. The maximum atomic E-state index is 10.9. The van der Waals surface area contributed by atoms with E-state index in [1.165, 1.54) is 0 Å².